The van der Waals surface area contributed by atoms with Gasteiger partial charge in [0.1, 0.15) is 0 Å². The molecule has 0 fully saturated rings. The Morgan fingerprint density at radius 1 is 0.800 bits per heavy atom. The van der Waals surface area contributed by atoms with E-state index in [1.54, 1.807) is 36.4 Å². The second-order valence-electron chi connectivity index (χ2n) is 6.17. The zero-order chi connectivity index (χ0) is 21.5. The van der Waals surface area contributed by atoms with Gasteiger partial charge in [-0.15, -0.1) is 11.8 Å². The minimum Gasteiger partial charge on any atom is -0.478 e. The van der Waals surface area contributed by atoms with E-state index in [1.807, 2.05) is 24.3 Å². The molecule has 6 nitrogen and oxygen atoms in total. The Bertz CT molecular complexity index is 1070. The summed E-state index contributed by atoms with van der Waals surface area (Å²) in [6.07, 6.45) is 0. The molecule has 0 aliphatic heterocycles. The number of carboxylic acid groups (broad SMARTS) is 1. The number of thioether (sulfide) groups is 1. The van der Waals surface area contributed by atoms with Crippen LogP contribution in [0.2, 0.25) is 0 Å². The lowest BCUT2D eigenvalue weighted by Gasteiger charge is -2.09. The first kappa shape index (κ1) is 21.6. The summed E-state index contributed by atoms with van der Waals surface area (Å²) < 4.78 is 0.938. The molecule has 8 heteroatoms. The Hall–Kier alpha value is -3.10. The van der Waals surface area contributed by atoms with Crippen molar-refractivity contribution in [1.29, 1.82) is 0 Å². The van der Waals surface area contributed by atoms with Crippen molar-refractivity contribution in [3.05, 3.63) is 88.4 Å². The quantitative estimate of drug-likeness (QED) is 0.404. The molecule has 0 aromatic heterocycles. The number of anilines is 2. The largest absolute Gasteiger partial charge is 0.478 e. The van der Waals surface area contributed by atoms with E-state index in [2.05, 4.69) is 26.6 Å². The normalized spacial score (nSPS) is 10.3. The van der Waals surface area contributed by atoms with Crippen LogP contribution in [-0.2, 0) is 4.79 Å². The molecule has 3 N–H and O–H groups in total. The van der Waals surface area contributed by atoms with E-state index in [0.29, 0.717) is 5.69 Å². The van der Waals surface area contributed by atoms with Gasteiger partial charge in [0.2, 0.25) is 5.91 Å². The maximum atomic E-state index is 12.4. The molecule has 0 spiro atoms. The summed E-state index contributed by atoms with van der Waals surface area (Å²) in [6.45, 7) is 0. The van der Waals surface area contributed by atoms with Crippen LogP contribution in [0.5, 0.6) is 0 Å². The van der Waals surface area contributed by atoms with Crippen LogP contribution in [-0.4, -0.2) is 28.6 Å². The SMILES string of the molecule is O=C(CSc1ccc(NC(=O)c2ccccc2C(=O)O)cc1)Nc1ccc(Br)cc1. The third kappa shape index (κ3) is 5.95. The molecule has 3 aromatic rings. The topological polar surface area (TPSA) is 95.5 Å². The first-order valence-corrected chi connectivity index (χ1v) is 10.6. The van der Waals surface area contributed by atoms with Crippen molar-refractivity contribution in [3.8, 4) is 0 Å². The smallest absolute Gasteiger partial charge is 0.336 e. The fourth-order valence-corrected chi connectivity index (χ4v) is 3.54. The van der Waals surface area contributed by atoms with Crippen LogP contribution in [0.4, 0.5) is 11.4 Å². The molecule has 3 rings (SSSR count). The molecule has 0 saturated carbocycles. The average Bonchev–Trinajstić information content (AvgIpc) is 2.75. The van der Waals surface area contributed by atoms with Gasteiger partial charge < -0.3 is 15.7 Å². The van der Waals surface area contributed by atoms with Crippen molar-refractivity contribution in [2.75, 3.05) is 16.4 Å². The summed E-state index contributed by atoms with van der Waals surface area (Å²) in [5, 5.41) is 14.7. The highest BCUT2D eigenvalue weighted by Crippen LogP contribution is 2.22. The van der Waals surface area contributed by atoms with Gasteiger partial charge in [-0.1, -0.05) is 28.1 Å². The first-order valence-electron chi connectivity index (χ1n) is 8.84. The lowest BCUT2D eigenvalue weighted by Crippen LogP contribution is -2.16. The van der Waals surface area contributed by atoms with E-state index in [9.17, 15) is 19.5 Å². The fourth-order valence-electron chi connectivity index (χ4n) is 2.58. The Labute approximate surface area is 185 Å². The van der Waals surface area contributed by atoms with Gasteiger partial charge in [0.25, 0.3) is 5.91 Å². The number of hydrogen-bond acceptors (Lipinski definition) is 4. The number of carboxylic acids is 1. The maximum absolute atomic E-state index is 12.4. The lowest BCUT2D eigenvalue weighted by atomic mass is 10.1. The second-order valence-corrected chi connectivity index (χ2v) is 8.14. The van der Waals surface area contributed by atoms with Gasteiger partial charge in [-0.25, -0.2) is 4.79 Å². The van der Waals surface area contributed by atoms with Gasteiger partial charge in [0.05, 0.1) is 16.9 Å². The molecular weight excluding hydrogens is 468 g/mol. The van der Waals surface area contributed by atoms with E-state index < -0.39 is 11.9 Å². The Balaban J connectivity index is 1.55. The van der Waals surface area contributed by atoms with Crippen molar-refractivity contribution in [2.45, 2.75) is 4.90 Å². The van der Waals surface area contributed by atoms with Gasteiger partial charge in [-0.3, -0.25) is 9.59 Å². The minimum atomic E-state index is -1.16. The van der Waals surface area contributed by atoms with Crippen molar-refractivity contribution >= 4 is 56.9 Å². The third-order valence-corrected chi connectivity index (χ3v) is 5.55. The van der Waals surface area contributed by atoms with E-state index in [4.69, 9.17) is 0 Å². The summed E-state index contributed by atoms with van der Waals surface area (Å²) in [5.41, 5.74) is 1.29. The summed E-state index contributed by atoms with van der Waals surface area (Å²) >= 11 is 4.72. The molecule has 0 heterocycles. The van der Waals surface area contributed by atoms with E-state index >= 15 is 0 Å². The van der Waals surface area contributed by atoms with Crippen LogP contribution in [0.25, 0.3) is 0 Å². The van der Waals surface area contributed by atoms with Gasteiger partial charge in [0, 0.05) is 20.7 Å². The zero-order valence-electron chi connectivity index (χ0n) is 15.6. The molecular formula is C22H17BrN2O4S. The van der Waals surface area contributed by atoms with Crippen LogP contribution in [0.3, 0.4) is 0 Å². The number of carbonyl (C=O) groups excluding carboxylic acids is 2. The Kier molecular flexibility index (Phi) is 7.26. The first-order chi connectivity index (χ1) is 14.4. The van der Waals surface area contributed by atoms with Crippen LogP contribution < -0.4 is 10.6 Å². The van der Waals surface area contributed by atoms with Crippen LogP contribution in [0, 0.1) is 0 Å². The number of benzene rings is 3. The number of halogens is 1. The summed E-state index contributed by atoms with van der Waals surface area (Å²) in [4.78, 5) is 36.6. The van der Waals surface area contributed by atoms with Crippen LogP contribution in [0.1, 0.15) is 20.7 Å². The van der Waals surface area contributed by atoms with Crippen molar-refractivity contribution < 1.29 is 19.5 Å². The van der Waals surface area contributed by atoms with Crippen molar-refractivity contribution in [3.63, 3.8) is 0 Å². The standard InChI is InChI=1S/C22H17BrN2O4S/c23-14-5-7-15(8-6-14)24-20(26)13-30-17-11-9-16(10-12-17)25-21(27)18-3-1-2-4-19(18)22(28)29/h1-12H,13H2,(H,24,26)(H,25,27)(H,28,29). The van der Waals surface area contributed by atoms with E-state index in [0.717, 1.165) is 15.1 Å². The number of rotatable bonds is 7. The molecule has 0 radical (unpaired) electrons. The predicted octanol–water partition coefficient (Wildman–Crippen LogP) is 5.13. The van der Waals surface area contributed by atoms with Gasteiger partial charge >= 0.3 is 5.97 Å². The average molecular weight is 485 g/mol. The zero-order valence-corrected chi connectivity index (χ0v) is 18.0. The minimum absolute atomic E-state index is 0.0565. The molecule has 152 valence electrons. The van der Waals surface area contributed by atoms with Crippen LogP contribution >= 0.6 is 27.7 Å². The molecule has 3 aromatic carbocycles. The number of nitrogens with one attached hydrogen (secondary N) is 2. The molecule has 0 saturated heterocycles. The van der Waals surface area contributed by atoms with Crippen molar-refractivity contribution in [2.24, 2.45) is 0 Å². The van der Waals surface area contributed by atoms with Gasteiger partial charge in [-0.05, 0) is 60.7 Å². The summed E-state index contributed by atoms with van der Waals surface area (Å²) in [7, 11) is 0. The summed E-state index contributed by atoms with van der Waals surface area (Å²) in [5.74, 6) is -1.53. The fraction of sp³-hybridized carbons (Fsp3) is 0.0455. The highest BCUT2D eigenvalue weighted by atomic mass is 79.9. The second kappa shape index (κ2) is 10.1. The highest BCUT2D eigenvalue weighted by Gasteiger charge is 2.15. The number of hydrogen-bond donors (Lipinski definition) is 3. The Morgan fingerprint density at radius 2 is 1.37 bits per heavy atom. The van der Waals surface area contributed by atoms with Crippen LogP contribution in [0.15, 0.2) is 82.2 Å². The maximum Gasteiger partial charge on any atom is 0.336 e. The molecule has 0 bridgehead atoms. The number of carbonyl (C=O) groups is 3. The van der Waals surface area contributed by atoms with Gasteiger partial charge in [0.15, 0.2) is 0 Å². The molecule has 2 amide bonds. The molecule has 0 aliphatic carbocycles. The lowest BCUT2D eigenvalue weighted by molar-refractivity contribution is -0.113. The number of amides is 2. The molecule has 0 aliphatic rings. The Morgan fingerprint density at radius 3 is 2.00 bits per heavy atom. The van der Waals surface area contributed by atoms with Crippen molar-refractivity contribution in [1.82, 2.24) is 0 Å². The van der Waals surface area contributed by atoms with Gasteiger partial charge in [-0.2, -0.15) is 0 Å². The molecule has 0 atom stereocenters. The predicted molar refractivity (Wildman–Crippen MR) is 121 cm³/mol. The molecule has 30 heavy (non-hydrogen) atoms. The van der Waals surface area contributed by atoms with E-state index in [1.165, 1.54) is 23.9 Å². The van der Waals surface area contributed by atoms with E-state index in [-0.39, 0.29) is 22.8 Å². The third-order valence-electron chi connectivity index (χ3n) is 4.01. The molecule has 0 unspecified atom stereocenters. The monoisotopic (exact) mass is 484 g/mol. The highest BCUT2D eigenvalue weighted by molar-refractivity contribution is 9.10. The number of aromatic carboxylic acids is 1. The summed E-state index contributed by atoms with van der Waals surface area (Å²) in [6, 6.07) is 20.3.